The third-order valence-electron chi connectivity index (χ3n) is 2.14. The van der Waals surface area contributed by atoms with Crippen LogP contribution in [0.15, 0.2) is 25.0 Å². The second-order valence-corrected chi connectivity index (χ2v) is 3.22. The van der Waals surface area contributed by atoms with Crippen molar-refractivity contribution in [1.29, 1.82) is 0 Å². The Hall–Kier alpha value is -1.91. The van der Waals surface area contributed by atoms with Crippen molar-refractivity contribution in [2.75, 3.05) is 11.9 Å². The van der Waals surface area contributed by atoms with Crippen LogP contribution >= 0.6 is 0 Å². The zero-order chi connectivity index (χ0) is 10.7. The molecule has 0 aliphatic rings. The van der Waals surface area contributed by atoms with E-state index in [0.717, 1.165) is 30.3 Å². The van der Waals surface area contributed by atoms with Crippen molar-refractivity contribution >= 4 is 11.5 Å². The molecule has 0 amide bonds. The predicted octanol–water partition coefficient (Wildman–Crippen LogP) is 1.42. The summed E-state index contributed by atoms with van der Waals surface area (Å²) in [6.07, 6.45) is 6.35. The van der Waals surface area contributed by atoms with Crippen LogP contribution in [0.25, 0.3) is 5.65 Å². The topological polar surface area (TPSA) is 55.1 Å². The standard InChI is InChI=1S/C10H13N5/c1-3-4-5-11-9-10-14-13-8(2)15(10)7-6-12-9/h3,6-7H,1,4-5H2,2H3,(H,11,12). The molecule has 5 heteroatoms. The highest BCUT2D eigenvalue weighted by molar-refractivity contribution is 5.61. The van der Waals surface area contributed by atoms with Crippen LogP contribution in [0.4, 0.5) is 5.82 Å². The molecule has 2 aromatic heterocycles. The van der Waals surface area contributed by atoms with Crippen molar-refractivity contribution in [3.8, 4) is 0 Å². The van der Waals surface area contributed by atoms with E-state index >= 15 is 0 Å². The Morgan fingerprint density at radius 3 is 3.20 bits per heavy atom. The Morgan fingerprint density at radius 2 is 2.40 bits per heavy atom. The lowest BCUT2D eigenvalue weighted by atomic mass is 10.4. The smallest absolute Gasteiger partial charge is 0.203 e. The first-order valence-electron chi connectivity index (χ1n) is 4.84. The fraction of sp³-hybridized carbons (Fsp3) is 0.300. The van der Waals surface area contributed by atoms with Crippen molar-refractivity contribution in [1.82, 2.24) is 19.6 Å². The van der Waals surface area contributed by atoms with Crippen molar-refractivity contribution in [2.24, 2.45) is 0 Å². The van der Waals surface area contributed by atoms with Gasteiger partial charge in [0, 0.05) is 18.9 Å². The summed E-state index contributed by atoms with van der Waals surface area (Å²) in [6, 6.07) is 0. The lowest BCUT2D eigenvalue weighted by molar-refractivity contribution is 0.997. The number of rotatable bonds is 4. The summed E-state index contributed by atoms with van der Waals surface area (Å²) in [6.45, 7) is 6.38. The van der Waals surface area contributed by atoms with Gasteiger partial charge in [0.2, 0.25) is 5.65 Å². The maximum Gasteiger partial charge on any atom is 0.203 e. The zero-order valence-corrected chi connectivity index (χ0v) is 8.64. The molecule has 0 aliphatic carbocycles. The molecular formula is C10H13N5. The van der Waals surface area contributed by atoms with Gasteiger partial charge >= 0.3 is 0 Å². The van der Waals surface area contributed by atoms with Crippen LogP contribution in [0, 0.1) is 6.92 Å². The number of nitrogens with one attached hydrogen (secondary N) is 1. The quantitative estimate of drug-likeness (QED) is 0.603. The molecule has 5 nitrogen and oxygen atoms in total. The molecule has 0 saturated carbocycles. The van der Waals surface area contributed by atoms with Crippen LogP contribution in [0.5, 0.6) is 0 Å². The van der Waals surface area contributed by atoms with Crippen LogP contribution in [0.1, 0.15) is 12.2 Å². The van der Waals surface area contributed by atoms with Crippen molar-refractivity contribution in [2.45, 2.75) is 13.3 Å². The third-order valence-corrected chi connectivity index (χ3v) is 2.14. The summed E-state index contributed by atoms with van der Waals surface area (Å²) >= 11 is 0. The minimum absolute atomic E-state index is 0.763. The number of aromatic nitrogens is 4. The number of aryl methyl sites for hydroxylation is 1. The van der Waals surface area contributed by atoms with Gasteiger partial charge in [0.1, 0.15) is 5.82 Å². The first-order chi connectivity index (χ1) is 7.33. The van der Waals surface area contributed by atoms with Crippen LogP contribution in [-0.2, 0) is 0 Å². The van der Waals surface area contributed by atoms with E-state index in [1.54, 1.807) is 6.20 Å². The molecule has 0 unspecified atom stereocenters. The van der Waals surface area contributed by atoms with E-state index in [2.05, 4.69) is 27.1 Å². The lowest BCUT2D eigenvalue weighted by Gasteiger charge is -2.04. The van der Waals surface area contributed by atoms with Gasteiger partial charge in [-0.15, -0.1) is 16.8 Å². The highest BCUT2D eigenvalue weighted by atomic mass is 15.3. The molecule has 0 aromatic carbocycles. The van der Waals surface area contributed by atoms with E-state index in [0.29, 0.717) is 0 Å². The van der Waals surface area contributed by atoms with Crippen LogP contribution < -0.4 is 5.32 Å². The molecule has 0 saturated heterocycles. The van der Waals surface area contributed by atoms with Crippen LogP contribution in [0.3, 0.4) is 0 Å². The highest BCUT2D eigenvalue weighted by Gasteiger charge is 2.05. The number of hydrogen-bond acceptors (Lipinski definition) is 4. The number of hydrogen-bond donors (Lipinski definition) is 1. The average Bonchev–Trinajstić information content (AvgIpc) is 2.62. The molecule has 1 N–H and O–H groups in total. The molecule has 2 aromatic rings. The molecule has 0 bridgehead atoms. The predicted molar refractivity (Wildman–Crippen MR) is 58.8 cm³/mol. The summed E-state index contributed by atoms with van der Waals surface area (Å²) in [5.74, 6) is 1.62. The van der Waals surface area contributed by atoms with Crippen molar-refractivity contribution < 1.29 is 0 Å². The molecule has 2 rings (SSSR count). The molecule has 0 spiro atoms. The molecule has 78 valence electrons. The Balaban J connectivity index is 2.30. The molecule has 0 aliphatic heterocycles. The van der Waals surface area contributed by atoms with Crippen LogP contribution in [0.2, 0.25) is 0 Å². The van der Waals surface area contributed by atoms with E-state index in [9.17, 15) is 0 Å². The Morgan fingerprint density at radius 1 is 1.53 bits per heavy atom. The molecule has 2 heterocycles. The largest absolute Gasteiger partial charge is 0.367 e. The van der Waals surface area contributed by atoms with Crippen LogP contribution in [-0.4, -0.2) is 26.1 Å². The van der Waals surface area contributed by atoms with Gasteiger partial charge in [0.05, 0.1) is 0 Å². The fourth-order valence-electron chi connectivity index (χ4n) is 1.36. The monoisotopic (exact) mass is 203 g/mol. The van der Waals surface area contributed by atoms with Gasteiger partial charge in [0.25, 0.3) is 0 Å². The number of anilines is 1. The second kappa shape index (κ2) is 4.08. The average molecular weight is 203 g/mol. The maximum atomic E-state index is 4.22. The maximum absolute atomic E-state index is 4.22. The SMILES string of the molecule is C=CCCNc1nccn2c(C)nnc12. The third kappa shape index (κ3) is 1.81. The first kappa shape index (κ1) is 9.64. The Labute approximate surface area is 87.9 Å². The van der Waals surface area contributed by atoms with E-state index in [4.69, 9.17) is 0 Å². The summed E-state index contributed by atoms with van der Waals surface area (Å²) < 4.78 is 1.91. The highest BCUT2D eigenvalue weighted by Crippen LogP contribution is 2.11. The first-order valence-corrected chi connectivity index (χ1v) is 4.84. The molecular weight excluding hydrogens is 190 g/mol. The summed E-state index contributed by atoms with van der Waals surface area (Å²) in [5, 5.41) is 11.3. The van der Waals surface area contributed by atoms with Gasteiger partial charge in [-0.1, -0.05) is 6.08 Å². The summed E-state index contributed by atoms with van der Waals surface area (Å²) in [4.78, 5) is 4.22. The second-order valence-electron chi connectivity index (χ2n) is 3.22. The number of fused-ring (bicyclic) bond motifs is 1. The van der Waals surface area contributed by atoms with E-state index < -0.39 is 0 Å². The van der Waals surface area contributed by atoms with E-state index in [-0.39, 0.29) is 0 Å². The molecule has 0 atom stereocenters. The van der Waals surface area contributed by atoms with Gasteiger partial charge in [-0.05, 0) is 13.3 Å². The zero-order valence-electron chi connectivity index (χ0n) is 8.64. The van der Waals surface area contributed by atoms with E-state index in [1.165, 1.54) is 0 Å². The van der Waals surface area contributed by atoms with Gasteiger partial charge < -0.3 is 5.32 Å². The fourth-order valence-corrected chi connectivity index (χ4v) is 1.36. The number of nitrogens with zero attached hydrogens (tertiary/aromatic N) is 4. The summed E-state index contributed by atoms with van der Waals surface area (Å²) in [5.41, 5.74) is 0.763. The van der Waals surface area contributed by atoms with Gasteiger partial charge in [-0.2, -0.15) is 0 Å². The summed E-state index contributed by atoms with van der Waals surface area (Å²) in [7, 11) is 0. The normalized spacial score (nSPS) is 10.5. The minimum Gasteiger partial charge on any atom is -0.367 e. The lowest BCUT2D eigenvalue weighted by Crippen LogP contribution is -2.04. The molecule has 15 heavy (non-hydrogen) atoms. The molecule has 0 radical (unpaired) electrons. The van der Waals surface area contributed by atoms with Crippen molar-refractivity contribution in [3.05, 3.63) is 30.9 Å². The molecule has 0 fully saturated rings. The Bertz CT molecular complexity index is 474. The Kier molecular flexibility index (Phi) is 2.62. The van der Waals surface area contributed by atoms with Gasteiger partial charge in [-0.3, -0.25) is 4.40 Å². The van der Waals surface area contributed by atoms with Gasteiger partial charge in [0.15, 0.2) is 5.82 Å². The van der Waals surface area contributed by atoms with Gasteiger partial charge in [-0.25, -0.2) is 4.98 Å². The van der Waals surface area contributed by atoms with E-state index in [1.807, 2.05) is 23.6 Å². The minimum atomic E-state index is 0.763. The van der Waals surface area contributed by atoms with Crippen molar-refractivity contribution in [3.63, 3.8) is 0 Å².